The fourth-order valence-corrected chi connectivity index (χ4v) is 2.85. The monoisotopic (exact) mass is 327 g/mol. The fraction of sp³-hybridized carbons (Fsp3) is 0.917. The fourth-order valence-electron chi connectivity index (χ4n) is 2.26. The lowest BCUT2D eigenvalue weighted by atomic mass is 10.1. The van der Waals surface area contributed by atoms with Gasteiger partial charge < -0.3 is 10.6 Å². The second-order valence-corrected chi connectivity index (χ2v) is 6.88. The quantitative estimate of drug-likeness (QED) is 0.466. The summed E-state index contributed by atoms with van der Waals surface area (Å²) in [5.41, 5.74) is 0. The topological polar surface area (TPSA) is 87.3 Å². The van der Waals surface area contributed by atoms with Crippen molar-refractivity contribution in [1.82, 2.24) is 15.4 Å². The Morgan fingerprint density at radius 1 is 1.10 bits per heavy atom. The van der Waals surface area contributed by atoms with E-state index >= 15 is 0 Å². The van der Waals surface area contributed by atoms with Crippen LogP contribution in [0, 0.1) is 0 Å². The van der Waals surface area contributed by atoms with E-state index < -0.39 is 21.7 Å². The summed E-state index contributed by atoms with van der Waals surface area (Å²) in [4.78, 5) is 11.4. The van der Waals surface area contributed by atoms with E-state index in [0.29, 0.717) is 19.1 Å². The Morgan fingerprint density at radius 2 is 1.70 bits per heavy atom. The van der Waals surface area contributed by atoms with Gasteiger partial charge in [-0.15, -0.1) is 12.4 Å². The number of halogens is 1. The van der Waals surface area contributed by atoms with E-state index in [1.54, 1.807) is 0 Å². The highest BCUT2D eigenvalue weighted by molar-refractivity contribution is 7.90. The van der Waals surface area contributed by atoms with Crippen molar-refractivity contribution in [1.29, 1.82) is 0 Å². The van der Waals surface area contributed by atoms with Crippen molar-refractivity contribution in [3.05, 3.63) is 0 Å². The van der Waals surface area contributed by atoms with Crippen LogP contribution >= 0.6 is 12.4 Å². The van der Waals surface area contributed by atoms with Gasteiger partial charge in [-0.2, -0.15) is 0 Å². The van der Waals surface area contributed by atoms with Gasteiger partial charge in [0.15, 0.2) is 0 Å². The lowest BCUT2D eigenvalue weighted by Crippen LogP contribution is -2.40. The van der Waals surface area contributed by atoms with Crippen LogP contribution in [-0.2, 0) is 14.8 Å². The van der Waals surface area contributed by atoms with Gasteiger partial charge in [-0.25, -0.2) is 13.1 Å². The lowest BCUT2D eigenvalue weighted by molar-refractivity contribution is -0.118. The molecule has 0 heterocycles. The van der Waals surface area contributed by atoms with E-state index in [0.717, 1.165) is 0 Å². The molecule has 0 aromatic rings. The highest BCUT2D eigenvalue weighted by atomic mass is 35.5. The van der Waals surface area contributed by atoms with Crippen molar-refractivity contribution < 1.29 is 13.2 Å². The molecule has 0 aromatic carbocycles. The number of rotatable bonds is 7. The zero-order valence-electron chi connectivity index (χ0n) is 12.0. The maximum Gasteiger partial charge on any atom is 0.236 e. The van der Waals surface area contributed by atoms with E-state index in [-0.39, 0.29) is 12.4 Å². The molecule has 1 aliphatic rings. The molecule has 0 radical (unpaired) electrons. The first-order chi connectivity index (χ1) is 9.03. The third kappa shape index (κ3) is 8.73. The summed E-state index contributed by atoms with van der Waals surface area (Å²) in [6.45, 7) is 1.16. The van der Waals surface area contributed by atoms with Crippen LogP contribution in [0.15, 0.2) is 0 Å². The first-order valence-electron chi connectivity index (χ1n) is 6.95. The van der Waals surface area contributed by atoms with E-state index in [4.69, 9.17) is 0 Å². The predicted molar refractivity (Wildman–Crippen MR) is 82.6 cm³/mol. The minimum absolute atomic E-state index is 0. The number of nitrogens with one attached hydrogen (secondary N) is 3. The SMILES string of the molecule is CNS(=O)(=O)CC(=O)NCCNC1CCCCCC1.Cl. The number of carbonyl (C=O) groups is 1. The van der Waals surface area contributed by atoms with Gasteiger partial charge in [0.1, 0.15) is 5.75 Å². The summed E-state index contributed by atoms with van der Waals surface area (Å²) in [6.07, 6.45) is 7.56. The van der Waals surface area contributed by atoms with Crippen LogP contribution in [0.2, 0.25) is 0 Å². The van der Waals surface area contributed by atoms with E-state index in [2.05, 4.69) is 15.4 Å². The van der Waals surface area contributed by atoms with Gasteiger partial charge in [-0.3, -0.25) is 4.79 Å². The van der Waals surface area contributed by atoms with Crippen LogP contribution < -0.4 is 15.4 Å². The van der Waals surface area contributed by atoms with Gasteiger partial charge >= 0.3 is 0 Å². The van der Waals surface area contributed by atoms with E-state index in [1.165, 1.54) is 45.6 Å². The molecule has 1 saturated carbocycles. The van der Waals surface area contributed by atoms with Crippen molar-refractivity contribution in [3.8, 4) is 0 Å². The molecule has 1 amide bonds. The molecule has 0 aliphatic heterocycles. The molecular formula is C12H26ClN3O3S. The zero-order chi connectivity index (χ0) is 14.1. The van der Waals surface area contributed by atoms with Crippen molar-refractivity contribution in [2.45, 2.75) is 44.6 Å². The molecule has 6 nitrogen and oxygen atoms in total. The molecule has 120 valence electrons. The molecule has 0 aromatic heterocycles. The van der Waals surface area contributed by atoms with Gasteiger partial charge in [0.05, 0.1) is 0 Å². The van der Waals surface area contributed by atoms with Crippen molar-refractivity contribution in [2.75, 3.05) is 25.9 Å². The maximum absolute atomic E-state index is 11.4. The number of sulfonamides is 1. The first-order valence-corrected chi connectivity index (χ1v) is 8.60. The molecule has 1 rings (SSSR count). The molecule has 3 N–H and O–H groups in total. The standard InChI is InChI=1S/C12H25N3O3S.ClH/c1-13-19(17,18)10-12(16)15-9-8-14-11-6-4-2-3-5-7-11;/h11,13-14H,2-10H2,1H3,(H,15,16);1H. The van der Waals surface area contributed by atoms with Crippen LogP contribution in [0.25, 0.3) is 0 Å². The van der Waals surface area contributed by atoms with Gasteiger partial charge in [0.25, 0.3) is 0 Å². The molecule has 0 atom stereocenters. The van der Waals surface area contributed by atoms with Crippen molar-refractivity contribution in [3.63, 3.8) is 0 Å². The Bertz CT molecular complexity index is 368. The summed E-state index contributed by atoms with van der Waals surface area (Å²) < 4.78 is 24.4. The molecule has 0 saturated heterocycles. The van der Waals surface area contributed by atoms with Gasteiger partial charge in [-0.1, -0.05) is 25.7 Å². The molecule has 20 heavy (non-hydrogen) atoms. The van der Waals surface area contributed by atoms with Crippen molar-refractivity contribution >= 4 is 28.3 Å². The van der Waals surface area contributed by atoms with E-state index in [1.807, 2.05) is 0 Å². The number of hydrogen-bond acceptors (Lipinski definition) is 4. The molecule has 0 spiro atoms. The Kier molecular flexibility index (Phi) is 10.2. The molecule has 1 aliphatic carbocycles. The average Bonchev–Trinajstić information content (AvgIpc) is 2.63. The Balaban J connectivity index is 0.00000361. The van der Waals surface area contributed by atoms with Gasteiger partial charge in [0, 0.05) is 19.1 Å². The molecule has 1 fully saturated rings. The smallest absolute Gasteiger partial charge is 0.236 e. The summed E-state index contributed by atoms with van der Waals surface area (Å²) in [6, 6.07) is 0.542. The Morgan fingerprint density at radius 3 is 2.25 bits per heavy atom. The van der Waals surface area contributed by atoms with Crippen LogP contribution in [0.5, 0.6) is 0 Å². The summed E-state index contributed by atoms with van der Waals surface area (Å²) in [5.74, 6) is -0.968. The summed E-state index contributed by atoms with van der Waals surface area (Å²) >= 11 is 0. The third-order valence-corrected chi connectivity index (χ3v) is 4.63. The Labute approximate surface area is 127 Å². The van der Waals surface area contributed by atoms with Crippen LogP contribution in [0.3, 0.4) is 0 Å². The average molecular weight is 328 g/mol. The second-order valence-electron chi connectivity index (χ2n) is 4.96. The molecule has 0 unspecified atom stereocenters. The molecular weight excluding hydrogens is 302 g/mol. The number of amides is 1. The minimum Gasteiger partial charge on any atom is -0.354 e. The normalized spacial score (nSPS) is 17.1. The summed E-state index contributed by atoms with van der Waals surface area (Å²) in [7, 11) is -2.16. The van der Waals surface area contributed by atoms with E-state index in [9.17, 15) is 13.2 Å². The third-order valence-electron chi connectivity index (χ3n) is 3.37. The maximum atomic E-state index is 11.4. The minimum atomic E-state index is -3.46. The first kappa shape index (κ1) is 19.6. The number of hydrogen-bond donors (Lipinski definition) is 3. The molecule has 0 bridgehead atoms. The lowest BCUT2D eigenvalue weighted by Gasteiger charge is -2.16. The highest BCUT2D eigenvalue weighted by Gasteiger charge is 2.14. The van der Waals surface area contributed by atoms with Gasteiger partial charge in [-0.05, 0) is 19.9 Å². The highest BCUT2D eigenvalue weighted by Crippen LogP contribution is 2.16. The summed E-state index contributed by atoms with van der Waals surface area (Å²) in [5, 5.41) is 6.02. The second kappa shape index (κ2) is 10.4. The zero-order valence-corrected chi connectivity index (χ0v) is 13.6. The number of carbonyl (C=O) groups excluding carboxylic acids is 1. The van der Waals surface area contributed by atoms with Gasteiger partial charge in [0.2, 0.25) is 15.9 Å². The van der Waals surface area contributed by atoms with Crippen molar-refractivity contribution in [2.24, 2.45) is 0 Å². The van der Waals surface area contributed by atoms with Crippen LogP contribution in [-0.4, -0.2) is 46.3 Å². The molecule has 8 heteroatoms. The van der Waals surface area contributed by atoms with Crippen LogP contribution in [0.1, 0.15) is 38.5 Å². The van der Waals surface area contributed by atoms with Crippen LogP contribution in [0.4, 0.5) is 0 Å². The largest absolute Gasteiger partial charge is 0.354 e. The predicted octanol–water partition coefficient (Wildman–Crippen LogP) is 0.386. The Hall–Kier alpha value is -0.370.